The molecule has 3 atom stereocenters. The summed E-state index contributed by atoms with van der Waals surface area (Å²) in [5.41, 5.74) is 11.2. The van der Waals surface area contributed by atoms with Crippen LogP contribution in [0.25, 0.3) is 0 Å². The second-order valence-electron chi connectivity index (χ2n) is 6.35. The van der Waals surface area contributed by atoms with Crippen molar-refractivity contribution < 1.29 is 5.21 Å². The van der Waals surface area contributed by atoms with Crippen LogP contribution in [0.15, 0.2) is 48.6 Å². The maximum Gasteiger partial charge on any atom is 0.0386 e. The molecule has 0 saturated heterocycles. The molecular formula is C20H35N3O. The highest BCUT2D eigenvalue weighted by atomic mass is 16.5. The molecule has 4 nitrogen and oxygen atoms in total. The predicted octanol–water partition coefficient (Wildman–Crippen LogP) is 4.39. The first-order chi connectivity index (χ1) is 11.4. The summed E-state index contributed by atoms with van der Waals surface area (Å²) in [6.07, 6.45) is 10.7. The first-order valence-electron chi connectivity index (χ1n) is 8.74. The lowest BCUT2D eigenvalue weighted by atomic mass is 9.87. The fraction of sp³-hybridized carbons (Fsp3) is 0.550. The van der Waals surface area contributed by atoms with Crippen LogP contribution in [0.1, 0.15) is 46.5 Å². The van der Waals surface area contributed by atoms with E-state index in [-0.39, 0.29) is 12.0 Å². The van der Waals surface area contributed by atoms with E-state index in [1.807, 2.05) is 38.2 Å². The molecule has 24 heavy (non-hydrogen) atoms. The summed E-state index contributed by atoms with van der Waals surface area (Å²) in [5.74, 6) is 0.664. The zero-order valence-electron chi connectivity index (χ0n) is 15.5. The molecule has 0 aliphatic heterocycles. The molecule has 136 valence electrons. The van der Waals surface area contributed by atoms with Crippen molar-refractivity contribution in [2.75, 3.05) is 6.54 Å². The van der Waals surface area contributed by atoms with Gasteiger partial charge in [0.1, 0.15) is 0 Å². The first kappa shape index (κ1) is 22.5. The standard InChI is InChI=1S/C20H35N3O/c1-6-10-19(20(22)9-4)17(8-3)13-18(21)12-16(14-23-24)11-15(5)7-2/h6-8,10,15-16,18,22-24H,2-3,9,11-14,21H2,1,4-5H3/b10-6-,19-17+,22-20?. The Labute approximate surface area is 147 Å². The maximum absolute atomic E-state index is 9.05. The van der Waals surface area contributed by atoms with E-state index < -0.39 is 0 Å². The molecule has 0 aromatic heterocycles. The molecule has 0 spiro atoms. The van der Waals surface area contributed by atoms with Crippen LogP contribution in [0.4, 0.5) is 0 Å². The van der Waals surface area contributed by atoms with Gasteiger partial charge in [-0.3, -0.25) is 0 Å². The Bertz CT molecular complexity index is 466. The van der Waals surface area contributed by atoms with Gasteiger partial charge < -0.3 is 16.4 Å². The van der Waals surface area contributed by atoms with E-state index in [1.165, 1.54) is 0 Å². The van der Waals surface area contributed by atoms with Gasteiger partial charge in [-0.15, -0.1) is 6.58 Å². The summed E-state index contributed by atoms with van der Waals surface area (Å²) in [5, 5.41) is 17.2. The van der Waals surface area contributed by atoms with Crippen molar-refractivity contribution in [1.82, 2.24) is 5.48 Å². The average molecular weight is 334 g/mol. The van der Waals surface area contributed by atoms with Gasteiger partial charge in [0.15, 0.2) is 0 Å². The van der Waals surface area contributed by atoms with Crippen molar-refractivity contribution in [2.45, 2.75) is 52.5 Å². The Kier molecular flexibility index (Phi) is 12.1. The lowest BCUT2D eigenvalue weighted by Crippen LogP contribution is -2.30. The number of hydroxylamine groups is 1. The summed E-state index contributed by atoms with van der Waals surface area (Å²) in [6, 6.07) is -0.0433. The highest BCUT2D eigenvalue weighted by molar-refractivity contribution is 6.01. The second-order valence-corrected chi connectivity index (χ2v) is 6.35. The molecule has 0 heterocycles. The third-order valence-electron chi connectivity index (χ3n) is 4.21. The van der Waals surface area contributed by atoms with Crippen molar-refractivity contribution >= 4 is 5.71 Å². The molecule has 3 unspecified atom stereocenters. The topological polar surface area (TPSA) is 82.1 Å². The Balaban J connectivity index is 5.11. The molecule has 4 heteroatoms. The van der Waals surface area contributed by atoms with Gasteiger partial charge in [0.25, 0.3) is 0 Å². The molecule has 0 saturated carbocycles. The fourth-order valence-electron chi connectivity index (χ4n) is 2.87. The third-order valence-corrected chi connectivity index (χ3v) is 4.21. The minimum Gasteiger partial charge on any atom is -0.327 e. The van der Waals surface area contributed by atoms with Crippen LogP contribution in [0.2, 0.25) is 0 Å². The molecule has 0 amide bonds. The zero-order valence-corrected chi connectivity index (χ0v) is 15.5. The van der Waals surface area contributed by atoms with Crippen molar-refractivity contribution in [3.63, 3.8) is 0 Å². The van der Waals surface area contributed by atoms with E-state index in [1.54, 1.807) is 0 Å². The fourth-order valence-corrected chi connectivity index (χ4v) is 2.87. The number of hydrogen-bond acceptors (Lipinski definition) is 4. The molecule has 0 aromatic carbocycles. The van der Waals surface area contributed by atoms with E-state index in [9.17, 15) is 0 Å². The van der Waals surface area contributed by atoms with Gasteiger partial charge in [-0.2, -0.15) is 0 Å². The maximum atomic E-state index is 9.05. The van der Waals surface area contributed by atoms with Gasteiger partial charge in [0.2, 0.25) is 0 Å². The van der Waals surface area contributed by atoms with Crippen LogP contribution in [-0.4, -0.2) is 23.5 Å². The SMILES string of the molecule is C=C/C(CC(N)CC(CNO)CC(C)C=C)=C(/C=C\C)C(=N)CC. The van der Waals surface area contributed by atoms with Crippen molar-refractivity contribution in [2.24, 2.45) is 17.6 Å². The highest BCUT2D eigenvalue weighted by Gasteiger charge is 2.17. The minimum absolute atomic E-state index is 0.0433. The monoisotopic (exact) mass is 333 g/mol. The number of nitrogens with two attached hydrogens (primary N) is 1. The lowest BCUT2D eigenvalue weighted by molar-refractivity contribution is 0.139. The van der Waals surface area contributed by atoms with E-state index in [0.717, 1.165) is 24.0 Å². The molecule has 0 aliphatic rings. The normalized spacial score (nSPS) is 16.4. The Morgan fingerprint density at radius 1 is 1.33 bits per heavy atom. The number of hydrogen-bond donors (Lipinski definition) is 4. The third kappa shape index (κ3) is 8.39. The van der Waals surface area contributed by atoms with E-state index in [4.69, 9.17) is 16.4 Å². The van der Waals surface area contributed by atoms with Gasteiger partial charge >= 0.3 is 0 Å². The highest BCUT2D eigenvalue weighted by Crippen LogP contribution is 2.22. The molecule has 0 rings (SSSR count). The van der Waals surface area contributed by atoms with Crippen LogP contribution >= 0.6 is 0 Å². The summed E-state index contributed by atoms with van der Waals surface area (Å²) >= 11 is 0. The molecule has 0 aliphatic carbocycles. The summed E-state index contributed by atoms with van der Waals surface area (Å²) < 4.78 is 0. The molecule has 0 radical (unpaired) electrons. The second kappa shape index (κ2) is 12.9. The van der Waals surface area contributed by atoms with Crippen molar-refractivity contribution in [3.05, 3.63) is 48.6 Å². The minimum atomic E-state index is -0.0433. The van der Waals surface area contributed by atoms with Crippen LogP contribution in [0, 0.1) is 17.2 Å². The molecule has 0 fully saturated rings. The summed E-state index contributed by atoms with van der Waals surface area (Å²) in [7, 11) is 0. The summed E-state index contributed by atoms with van der Waals surface area (Å²) in [6.45, 7) is 14.3. The van der Waals surface area contributed by atoms with E-state index in [2.05, 4.69) is 25.6 Å². The van der Waals surface area contributed by atoms with Crippen molar-refractivity contribution in [1.29, 1.82) is 5.41 Å². The van der Waals surface area contributed by atoms with E-state index >= 15 is 0 Å². The van der Waals surface area contributed by atoms with Crippen LogP contribution in [-0.2, 0) is 0 Å². The first-order valence-corrected chi connectivity index (χ1v) is 8.74. The number of nitrogens with one attached hydrogen (secondary N) is 2. The lowest BCUT2D eigenvalue weighted by Gasteiger charge is -2.23. The van der Waals surface area contributed by atoms with Gasteiger partial charge in [-0.05, 0) is 55.6 Å². The number of rotatable bonds is 13. The molecule has 0 bridgehead atoms. The van der Waals surface area contributed by atoms with Gasteiger partial charge in [0, 0.05) is 18.3 Å². The van der Waals surface area contributed by atoms with Gasteiger partial charge in [-0.25, -0.2) is 5.48 Å². The smallest absolute Gasteiger partial charge is 0.0386 e. The molecular weight excluding hydrogens is 298 g/mol. The molecule has 0 aromatic rings. The van der Waals surface area contributed by atoms with E-state index in [0.29, 0.717) is 31.0 Å². The number of allylic oxidation sites excluding steroid dienone is 5. The Morgan fingerprint density at radius 2 is 2.00 bits per heavy atom. The molecule has 5 N–H and O–H groups in total. The van der Waals surface area contributed by atoms with Gasteiger partial charge in [-0.1, -0.05) is 44.7 Å². The Morgan fingerprint density at radius 3 is 2.46 bits per heavy atom. The Hall–Kier alpha value is -1.49. The van der Waals surface area contributed by atoms with Gasteiger partial charge in [0.05, 0.1) is 0 Å². The zero-order chi connectivity index (χ0) is 18.5. The van der Waals surface area contributed by atoms with Crippen LogP contribution in [0.3, 0.4) is 0 Å². The summed E-state index contributed by atoms with van der Waals surface area (Å²) in [4.78, 5) is 0. The predicted molar refractivity (Wildman–Crippen MR) is 105 cm³/mol. The largest absolute Gasteiger partial charge is 0.327 e. The van der Waals surface area contributed by atoms with Crippen molar-refractivity contribution in [3.8, 4) is 0 Å². The van der Waals surface area contributed by atoms with Crippen LogP contribution in [0.5, 0.6) is 0 Å². The quantitative estimate of drug-likeness (QED) is 0.175. The van der Waals surface area contributed by atoms with Crippen LogP contribution < -0.4 is 11.2 Å². The average Bonchev–Trinajstić information content (AvgIpc) is 2.57.